The molecule has 2 amide bonds. The van der Waals surface area contributed by atoms with Crippen LogP contribution in [0.2, 0.25) is 0 Å². The van der Waals surface area contributed by atoms with Gasteiger partial charge >= 0.3 is 5.97 Å². The van der Waals surface area contributed by atoms with E-state index in [0.29, 0.717) is 19.4 Å². The Kier molecular flexibility index (Phi) is 5.25. The van der Waals surface area contributed by atoms with Gasteiger partial charge in [0.2, 0.25) is 5.91 Å². The number of anilines is 1. The highest BCUT2D eigenvalue weighted by atomic mass is 19.2. The van der Waals surface area contributed by atoms with E-state index in [-0.39, 0.29) is 18.1 Å². The second-order valence-electron chi connectivity index (χ2n) is 5.17. The second-order valence-corrected chi connectivity index (χ2v) is 5.17. The lowest BCUT2D eigenvalue weighted by Gasteiger charge is -2.17. The Balaban J connectivity index is 1.85. The van der Waals surface area contributed by atoms with Crippen molar-refractivity contribution in [3.05, 3.63) is 29.8 Å². The number of halogens is 2. The Morgan fingerprint density at radius 3 is 2.70 bits per heavy atom. The summed E-state index contributed by atoms with van der Waals surface area (Å²) >= 11 is 0. The zero-order valence-corrected chi connectivity index (χ0v) is 12.5. The third kappa shape index (κ3) is 4.48. The number of nitrogens with zero attached hydrogens (tertiary/aromatic N) is 1. The van der Waals surface area contributed by atoms with Gasteiger partial charge < -0.3 is 15.0 Å². The number of carbonyl (C=O) groups excluding carboxylic acids is 3. The van der Waals surface area contributed by atoms with Gasteiger partial charge in [-0.05, 0) is 25.5 Å². The summed E-state index contributed by atoms with van der Waals surface area (Å²) in [6.07, 6.45) is -0.0362. The van der Waals surface area contributed by atoms with E-state index < -0.39 is 29.6 Å². The summed E-state index contributed by atoms with van der Waals surface area (Å²) in [5.41, 5.74) is 0.0477. The van der Waals surface area contributed by atoms with Gasteiger partial charge in [0.1, 0.15) is 6.54 Å². The van der Waals surface area contributed by atoms with Crippen LogP contribution >= 0.6 is 0 Å². The first-order valence-electron chi connectivity index (χ1n) is 7.10. The summed E-state index contributed by atoms with van der Waals surface area (Å²) in [6, 6.07) is 2.89. The van der Waals surface area contributed by atoms with Gasteiger partial charge in [-0.2, -0.15) is 0 Å². The Bertz CT molecular complexity index is 636. The molecule has 1 aliphatic heterocycles. The molecule has 124 valence electrons. The van der Waals surface area contributed by atoms with Crippen molar-refractivity contribution in [1.82, 2.24) is 4.90 Å². The van der Waals surface area contributed by atoms with Gasteiger partial charge in [0, 0.05) is 24.7 Å². The van der Waals surface area contributed by atoms with Crippen molar-refractivity contribution >= 4 is 23.5 Å². The van der Waals surface area contributed by atoms with Crippen molar-refractivity contribution < 1.29 is 27.9 Å². The minimum absolute atomic E-state index is 0.0477. The highest BCUT2D eigenvalue weighted by molar-refractivity contribution is 5.95. The molecule has 8 heteroatoms. The Morgan fingerprint density at radius 1 is 1.35 bits per heavy atom. The molecule has 1 aromatic carbocycles. The highest BCUT2D eigenvalue weighted by Crippen LogP contribution is 2.14. The van der Waals surface area contributed by atoms with Crippen molar-refractivity contribution in [2.75, 3.05) is 18.4 Å². The average molecular weight is 326 g/mol. The van der Waals surface area contributed by atoms with Gasteiger partial charge in [-0.25, -0.2) is 8.78 Å². The van der Waals surface area contributed by atoms with Crippen LogP contribution in [-0.2, 0) is 19.1 Å². The third-order valence-electron chi connectivity index (χ3n) is 3.36. The number of carbonyl (C=O) groups is 3. The maximum Gasteiger partial charge on any atom is 0.326 e. The van der Waals surface area contributed by atoms with E-state index in [1.165, 1.54) is 17.9 Å². The minimum Gasteiger partial charge on any atom is -0.451 e. The fraction of sp³-hybridized carbons (Fsp3) is 0.400. The topological polar surface area (TPSA) is 75.7 Å². The number of esters is 1. The van der Waals surface area contributed by atoms with Crippen LogP contribution in [-0.4, -0.2) is 41.9 Å². The number of benzene rings is 1. The molecule has 1 atom stereocenters. The number of nitrogens with one attached hydrogen (secondary N) is 1. The lowest BCUT2D eigenvalue weighted by molar-refractivity contribution is -0.155. The lowest BCUT2D eigenvalue weighted by atomic mass is 10.3. The molecular formula is C15H16F2N2O4. The van der Waals surface area contributed by atoms with Gasteiger partial charge in [0.05, 0.1) is 0 Å². The minimum atomic E-state index is -1.13. The fourth-order valence-corrected chi connectivity index (χ4v) is 2.13. The summed E-state index contributed by atoms with van der Waals surface area (Å²) in [5, 5.41) is 2.31. The Labute approximate surface area is 131 Å². The molecule has 0 saturated carbocycles. The first-order valence-corrected chi connectivity index (χ1v) is 7.10. The predicted molar refractivity (Wildman–Crippen MR) is 76.4 cm³/mol. The van der Waals surface area contributed by atoms with Crippen molar-refractivity contribution in [3.63, 3.8) is 0 Å². The second kappa shape index (κ2) is 7.17. The van der Waals surface area contributed by atoms with Crippen LogP contribution < -0.4 is 5.32 Å². The van der Waals surface area contributed by atoms with Crippen LogP contribution in [0.4, 0.5) is 14.5 Å². The monoisotopic (exact) mass is 326 g/mol. The number of ether oxygens (including phenoxy) is 1. The molecule has 0 radical (unpaired) electrons. The maximum absolute atomic E-state index is 13.1. The zero-order chi connectivity index (χ0) is 17.0. The number of rotatable bonds is 5. The van der Waals surface area contributed by atoms with Crippen molar-refractivity contribution in [2.45, 2.75) is 25.9 Å². The van der Waals surface area contributed by atoms with E-state index in [1.807, 2.05) is 0 Å². The first kappa shape index (κ1) is 16.9. The Morgan fingerprint density at radius 2 is 2.09 bits per heavy atom. The lowest BCUT2D eigenvalue weighted by Crippen LogP contribution is -2.36. The zero-order valence-electron chi connectivity index (χ0n) is 12.5. The number of hydrogen-bond donors (Lipinski definition) is 1. The summed E-state index contributed by atoms with van der Waals surface area (Å²) in [6.45, 7) is 1.63. The predicted octanol–water partition coefficient (Wildman–Crippen LogP) is 1.46. The largest absolute Gasteiger partial charge is 0.451 e. The molecule has 6 nitrogen and oxygen atoms in total. The molecule has 0 unspecified atom stereocenters. The van der Waals surface area contributed by atoms with E-state index in [2.05, 4.69) is 5.32 Å². The van der Waals surface area contributed by atoms with Gasteiger partial charge in [-0.3, -0.25) is 14.4 Å². The molecule has 1 N–H and O–H groups in total. The molecule has 0 aromatic heterocycles. The average Bonchev–Trinajstić information content (AvgIpc) is 2.88. The van der Waals surface area contributed by atoms with Crippen molar-refractivity contribution in [3.8, 4) is 0 Å². The quantitative estimate of drug-likeness (QED) is 0.831. The molecule has 1 aliphatic rings. The van der Waals surface area contributed by atoms with Crippen LogP contribution in [0.3, 0.4) is 0 Å². The van der Waals surface area contributed by atoms with E-state index in [4.69, 9.17) is 4.74 Å². The molecule has 0 bridgehead atoms. The third-order valence-corrected chi connectivity index (χ3v) is 3.36. The fourth-order valence-electron chi connectivity index (χ4n) is 2.13. The Hall–Kier alpha value is -2.51. The van der Waals surface area contributed by atoms with Gasteiger partial charge in [-0.1, -0.05) is 0 Å². The molecule has 1 saturated heterocycles. The normalized spacial score (nSPS) is 15.4. The van der Waals surface area contributed by atoms with Crippen LogP contribution in [0.1, 0.15) is 19.8 Å². The van der Waals surface area contributed by atoms with E-state index in [1.54, 1.807) is 0 Å². The van der Waals surface area contributed by atoms with Gasteiger partial charge in [0.25, 0.3) is 5.91 Å². The number of likely N-dealkylation sites (tertiary alicyclic amines) is 1. The summed E-state index contributed by atoms with van der Waals surface area (Å²) in [5.74, 6) is -3.64. The smallest absolute Gasteiger partial charge is 0.326 e. The van der Waals surface area contributed by atoms with Gasteiger partial charge in [-0.15, -0.1) is 0 Å². The summed E-state index contributed by atoms with van der Waals surface area (Å²) in [4.78, 5) is 36.3. The molecule has 1 heterocycles. The summed E-state index contributed by atoms with van der Waals surface area (Å²) < 4.78 is 30.8. The van der Waals surface area contributed by atoms with Crippen molar-refractivity contribution in [1.29, 1.82) is 0 Å². The van der Waals surface area contributed by atoms with E-state index in [0.717, 1.165) is 12.1 Å². The molecule has 2 rings (SSSR count). The van der Waals surface area contributed by atoms with Gasteiger partial charge in [0.15, 0.2) is 17.7 Å². The molecule has 0 spiro atoms. The first-order chi connectivity index (χ1) is 10.9. The molecule has 23 heavy (non-hydrogen) atoms. The summed E-state index contributed by atoms with van der Waals surface area (Å²) in [7, 11) is 0. The van der Waals surface area contributed by atoms with Crippen LogP contribution in [0, 0.1) is 11.6 Å². The molecule has 1 aromatic rings. The van der Waals surface area contributed by atoms with Crippen LogP contribution in [0.25, 0.3) is 0 Å². The molecule has 1 fully saturated rings. The van der Waals surface area contributed by atoms with Crippen molar-refractivity contribution in [2.24, 2.45) is 0 Å². The van der Waals surface area contributed by atoms with E-state index in [9.17, 15) is 23.2 Å². The molecular weight excluding hydrogens is 310 g/mol. The van der Waals surface area contributed by atoms with Crippen LogP contribution in [0.15, 0.2) is 18.2 Å². The highest BCUT2D eigenvalue weighted by Gasteiger charge is 2.25. The SMILES string of the molecule is C[C@@H](OC(=O)CN1CCCC1=O)C(=O)Nc1ccc(F)c(F)c1. The van der Waals surface area contributed by atoms with E-state index >= 15 is 0 Å². The number of amides is 2. The van der Waals surface area contributed by atoms with Crippen LogP contribution in [0.5, 0.6) is 0 Å². The number of hydrogen-bond acceptors (Lipinski definition) is 4. The maximum atomic E-state index is 13.1. The molecule has 0 aliphatic carbocycles. The standard InChI is InChI=1S/C15H16F2N2O4/c1-9(23-14(21)8-19-6-2-3-13(19)20)15(22)18-10-4-5-11(16)12(17)7-10/h4-5,7,9H,2-3,6,8H2,1H3,(H,18,22)/t9-/m1/s1.